The number of nitrogens with one attached hydrogen (secondary N) is 1. The second-order valence-electron chi connectivity index (χ2n) is 5.13. The largest absolute Gasteiger partial charge is 0.381 e. The van der Waals surface area contributed by atoms with Crippen LogP contribution in [0.2, 0.25) is 0 Å². The Morgan fingerprint density at radius 3 is 2.62 bits per heavy atom. The molecule has 1 nitrogen and oxygen atoms in total. The molecule has 0 bridgehead atoms. The Balaban J connectivity index is 2.02. The van der Waals surface area contributed by atoms with Crippen LogP contribution in [0.15, 0.2) is 24.3 Å². The van der Waals surface area contributed by atoms with E-state index in [2.05, 4.69) is 66.0 Å². The summed E-state index contributed by atoms with van der Waals surface area (Å²) < 4.78 is 1.32. The molecule has 3 atom stereocenters. The molecule has 1 fully saturated rings. The van der Waals surface area contributed by atoms with Gasteiger partial charge in [0.15, 0.2) is 0 Å². The number of anilines is 1. The summed E-state index contributed by atoms with van der Waals surface area (Å²) in [5.41, 5.74) is 1.30. The molecule has 1 saturated carbocycles. The average molecular weight is 329 g/mol. The normalized spacial score (nSPS) is 30.1. The highest BCUT2D eigenvalue weighted by Crippen LogP contribution is 2.31. The molecule has 0 aliphatic heterocycles. The second-order valence-corrected chi connectivity index (χ2v) is 6.29. The summed E-state index contributed by atoms with van der Waals surface area (Å²) >= 11 is 2.41. The fourth-order valence-corrected chi connectivity index (χ4v) is 3.20. The van der Waals surface area contributed by atoms with Crippen molar-refractivity contribution in [2.45, 2.75) is 39.2 Å². The Labute approximate surface area is 112 Å². The third-order valence-corrected chi connectivity index (χ3v) is 4.59. The Kier molecular flexibility index (Phi) is 4.11. The maximum atomic E-state index is 3.71. The van der Waals surface area contributed by atoms with Crippen LogP contribution in [0.3, 0.4) is 0 Å². The maximum Gasteiger partial charge on any atom is 0.0478 e. The first-order valence-electron chi connectivity index (χ1n) is 6.18. The first-order valence-corrected chi connectivity index (χ1v) is 7.25. The van der Waals surface area contributed by atoms with Crippen molar-refractivity contribution in [3.63, 3.8) is 0 Å². The smallest absolute Gasteiger partial charge is 0.0478 e. The van der Waals surface area contributed by atoms with Gasteiger partial charge in [-0.05, 0) is 65.8 Å². The van der Waals surface area contributed by atoms with Crippen LogP contribution in [0.1, 0.15) is 33.1 Å². The van der Waals surface area contributed by atoms with E-state index in [1.165, 1.54) is 28.5 Å². The predicted octanol–water partition coefficient (Wildman–Crippen LogP) is 4.53. The lowest BCUT2D eigenvalue weighted by Crippen LogP contribution is -2.33. The molecule has 1 aliphatic carbocycles. The monoisotopic (exact) mass is 329 g/mol. The molecule has 1 aromatic carbocycles. The van der Waals surface area contributed by atoms with Gasteiger partial charge in [0.1, 0.15) is 0 Å². The maximum absolute atomic E-state index is 3.71. The van der Waals surface area contributed by atoms with E-state index >= 15 is 0 Å². The topological polar surface area (TPSA) is 12.0 Å². The van der Waals surface area contributed by atoms with Crippen LogP contribution in [0.4, 0.5) is 5.69 Å². The summed E-state index contributed by atoms with van der Waals surface area (Å²) in [6.45, 7) is 4.75. The summed E-state index contributed by atoms with van der Waals surface area (Å²) in [5, 5.41) is 3.71. The molecule has 3 unspecified atom stereocenters. The molecule has 0 radical (unpaired) electrons. The van der Waals surface area contributed by atoms with Crippen LogP contribution in [-0.4, -0.2) is 6.04 Å². The molecule has 0 saturated heterocycles. The van der Waals surface area contributed by atoms with Gasteiger partial charge < -0.3 is 5.32 Å². The molecular weight excluding hydrogens is 309 g/mol. The first-order chi connectivity index (χ1) is 7.66. The Bertz CT molecular complexity index is 350. The number of hydrogen-bond donors (Lipinski definition) is 1. The van der Waals surface area contributed by atoms with Crippen LogP contribution < -0.4 is 5.32 Å². The quantitative estimate of drug-likeness (QED) is 0.786. The van der Waals surface area contributed by atoms with Crippen molar-refractivity contribution >= 4 is 28.3 Å². The van der Waals surface area contributed by atoms with Gasteiger partial charge in [-0.15, -0.1) is 0 Å². The van der Waals surface area contributed by atoms with Gasteiger partial charge in [-0.3, -0.25) is 0 Å². The van der Waals surface area contributed by atoms with E-state index in [1.54, 1.807) is 0 Å². The molecule has 2 heteroatoms. The average Bonchev–Trinajstić information content (AvgIpc) is 2.25. The van der Waals surface area contributed by atoms with E-state index in [9.17, 15) is 0 Å². The lowest BCUT2D eigenvalue weighted by atomic mass is 9.80. The van der Waals surface area contributed by atoms with E-state index in [1.807, 2.05) is 0 Å². The molecule has 0 aromatic heterocycles. The zero-order chi connectivity index (χ0) is 11.5. The summed E-state index contributed by atoms with van der Waals surface area (Å²) in [7, 11) is 0. The molecular formula is C14H20IN. The summed E-state index contributed by atoms with van der Waals surface area (Å²) in [4.78, 5) is 0. The summed E-state index contributed by atoms with van der Waals surface area (Å²) in [5.74, 6) is 1.70. The van der Waals surface area contributed by atoms with Crippen LogP contribution in [-0.2, 0) is 0 Å². The van der Waals surface area contributed by atoms with Gasteiger partial charge in [0.05, 0.1) is 0 Å². The van der Waals surface area contributed by atoms with E-state index in [0.717, 1.165) is 11.8 Å². The molecule has 88 valence electrons. The van der Waals surface area contributed by atoms with Crippen molar-refractivity contribution in [3.8, 4) is 0 Å². The van der Waals surface area contributed by atoms with Crippen molar-refractivity contribution in [2.75, 3.05) is 5.32 Å². The van der Waals surface area contributed by atoms with Gasteiger partial charge in [-0.1, -0.05) is 26.0 Å². The van der Waals surface area contributed by atoms with Gasteiger partial charge in [0.2, 0.25) is 0 Å². The van der Waals surface area contributed by atoms with Gasteiger partial charge in [0.25, 0.3) is 0 Å². The van der Waals surface area contributed by atoms with Gasteiger partial charge in [0, 0.05) is 15.3 Å². The van der Waals surface area contributed by atoms with Crippen molar-refractivity contribution < 1.29 is 0 Å². The van der Waals surface area contributed by atoms with E-state index in [0.29, 0.717) is 6.04 Å². The minimum atomic E-state index is 0.659. The third kappa shape index (κ3) is 2.90. The van der Waals surface area contributed by atoms with Crippen LogP contribution in [0, 0.1) is 15.4 Å². The molecule has 1 aliphatic rings. The minimum Gasteiger partial charge on any atom is -0.381 e. The Morgan fingerprint density at radius 2 is 1.94 bits per heavy atom. The molecule has 0 amide bonds. The van der Waals surface area contributed by atoms with Crippen LogP contribution >= 0.6 is 22.6 Å². The highest BCUT2D eigenvalue weighted by atomic mass is 127. The Hall–Kier alpha value is -0.250. The summed E-state index contributed by atoms with van der Waals surface area (Å²) in [6.07, 6.45) is 4.04. The van der Waals surface area contributed by atoms with Crippen molar-refractivity contribution in [3.05, 3.63) is 27.8 Å². The van der Waals surface area contributed by atoms with Crippen molar-refractivity contribution in [2.24, 2.45) is 11.8 Å². The number of hydrogen-bond acceptors (Lipinski definition) is 1. The van der Waals surface area contributed by atoms with Crippen LogP contribution in [0.5, 0.6) is 0 Å². The third-order valence-electron chi connectivity index (χ3n) is 3.65. The lowest BCUT2D eigenvalue weighted by molar-refractivity contribution is 0.276. The van der Waals surface area contributed by atoms with Gasteiger partial charge in [-0.25, -0.2) is 0 Å². The second kappa shape index (κ2) is 5.39. The molecule has 1 N–H and O–H groups in total. The molecule has 16 heavy (non-hydrogen) atoms. The molecule has 2 rings (SSSR count). The SMILES string of the molecule is CC1CCC(Nc2ccccc2I)C(C)C1. The zero-order valence-corrected chi connectivity index (χ0v) is 12.2. The van der Waals surface area contributed by atoms with Crippen molar-refractivity contribution in [1.29, 1.82) is 0 Å². The minimum absolute atomic E-state index is 0.659. The molecule has 1 aromatic rings. The fraction of sp³-hybridized carbons (Fsp3) is 0.571. The zero-order valence-electron chi connectivity index (χ0n) is 10.0. The fourth-order valence-electron chi connectivity index (χ4n) is 2.66. The van der Waals surface area contributed by atoms with E-state index < -0.39 is 0 Å². The van der Waals surface area contributed by atoms with E-state index in [4.69, 9.17) is 0 Å². The molecule has 0 spiro atoms. The highest BCUT2D eigenvalue weighted by molar-refractivity contribution is 14.1. The van der Waals surface area contributed by atoms with Gasteiger partial charge >= 0.3 is 0 Å². The lowest BCUT2D eigenvalue weighted by Gasteiger charge is -2.34. The number of halogens is 1. The summed E-state index contributed by atoms with van der Waals surface area (Å²) in [6, 6.07) is 9.22. The Morgan fingerprint density at radius 1 is 1.19 bits per heavy atom. The number of benzene rings is 1. The van der Waals surface area contributed by atoms with E-state index in [-0.39, 0.29) is 0 Å². The van der Waals surface area contributed by atoms with Gasteiger partial charge in [-0.2, -0.15) is 0 Å². The van der Waals surface area contributed by atoms with Crippen molar-refractivity contribution in [1.82, 2.24) is 0 Å². The highest BCUT2D eigenvalue weighted by Gasteiger charge is 2.25. The first kappa shape index (κ1) is 12.2. The molecule has 0 heterocycles. The number of para-hydroxylation sites is 1. The van der Waals surface area contributed by atoms with Crippen LogP contribution in [0.25, 0.3) is 0 Å². The standard InChI is InChI=1S/C14H20IN/c1-10-7-8-13(11(2)9-10)16-14-6-4-3-5-12(14)15/h3-6,10-11,13,16H,7-9H2,1-2H3. The number of rotatable bonds is 2. The predicted molar refractivity (Wildman–Crippen MR) is 78.7 cm³/mol.